The molecule has 4 nitrogen and oxygen atoms in total. The first-order valence-corrected chi connectivity index (χ1v) is 5.04. The Bertz CT molecular complexity index is 583. The van der Waals surface area contributed by atoms with Gasteiger partial charge in [0.1, 0.15) is 23.5 Å². The van der Waals surface area contributed by atoms with Gasteiger partial charge in [0.2, 0.25) is 0 Å². The van der Waals surface area contributed by atoms with Crippen LogP contribution in [0.1, 0.15) is 0 Å². The fourth-order valence-corrected chi connectivity index (χ4v) is 1.39. The molecule has 0 radical (unpaired) electrons. The van der Waals surface area contributed by atoms with Crippen molar-refractivity contribution in [3.63, 3.8) is 0 Å². The highest BCUT2D eigenvalue weighted by molar-refractivity contribution is 6.32. The van der Waals surface area contributed by atoms with Crippen LogP contribution < -0.4 is 11.1 Å². The molecular formula is C10H6ClF3N4. The molecule has 1 aromatic carbocycles. The Morgan fingerprint density at radius 1 is 1.11 bits per heavy atom. The second-order valence-electron chi connectivity index (χ2n) is 3.30. The number of halogens is 4. The predicted molar refractivity (Wildman–Crippen MR) is 61.1 cm³/mol. The second-order valence-corrected chi connectivity index (χ2v) is 3.65. The molecule has 0 bridgehead atoms. The van der Waals surface area contributed by atoms with Crippen molar-refractivity contribution in [1.82, 2.24) is 9.97 Å². The summed E-state index contributed by atoms with van der Waals surface area (Å²) < 4.78 is 39.5. The molecule has 0 aliphatic carbocycles. The summed E-state index contributed by atoms with van der Waals surface area (Å²) in [4.78, 5) is 7.26. The van der Waals surface area contributed by atoms with Gasteiger partial charge < -0.3 is 11.1 Å². The molecule has 0 saturated carbocycles. The number of aromatic nitrogens is 2. The molecule has 1 aromatic heterocycles. The highest BCUT2D eigenvalue weighted by Gasteiger charge is 2.14. The van der Waals surface area contributed by atoms with Crippen LogP contribution in [-0.2, 0) is 0 Å². The Hall–Kier alpha value is -2.02. The zero-order valence-electron chi connectivity index (χ0n) is 8.72. The molecule has 0 aliphatic heterocycles. The lowest BCUT2D eigenvalue weighted by atomic mass is 10.2. The SMILES string of the molecule is Nc1c(Cl)ncnc1Nc1c(F)cc(F)cc1F. The van der Waals surface area contributed by atoms with Crippen LogP contribution in [0.15, 0.2) is 18.5 Å². The number of hydrogen-bond donors (Lipinski definition) is 2. The normalized spacial score (nSPS) is 10.4. The molecule has 0 atom stereocenters. The monoisotopic (exact) mass is 274 g/mol. The van der Waals surface area contributed by atoms with E-state index in [4.69, 9.17) is 17.3 Å². The summed E-state index contributed by atoms with van der Waals surface area (Å²) in [5.74, 6) is -3.31. The number of nitrogens with two attached hydrogens (primary N) is 1. The molecule has 18 heavy (non-hydrogen) atoms. The summed E-state index contributed by atoms with van der Waals surface area (Å²) in [6, 6.07) is 1.06. The molecule has 1 heterocycles. The van der Waals surface area contributed by atoms with Crippen LogP contribution in [0.3, 0.4) is 0 Å². The van der Waals surface area contributed by atoms with Crippen molar-refractivity contribution in [2.24, 2.45) is 0 Å². The first-order valence-electron chi connectivity index (χ1n) is 4.66. The van der Waals surface area contributed by atoms with Crippen LogP contribution in [0.5, 0.6) is 0 Å². The van der Waals surface area contributed by atoms with Gasteiger partial charge in [-0.25, -0.2) is 23.1 Å². The minimum atomic E-state index is -1.11. The summed E-state index contributed by atoms with van der Waals surface area (Å²) in [6.45, 7) is 0. The molecule has 8 heteroatoms. The third-order valence-electron chi connectivity index (χ3n) is 2.09. The van der Waals surface area contributed by atoms with Crippen molar-refractivity contribution >= 4 is 28.8 Å². The van der Waals surface area contributed by atoms with Gasteiger partial charge in [-0.1, -0.05) is 11.6 Å². The Morgan fingerprint density at radius 2 is 1.72 bits per heavy atom. The minimum absolute atomic E-state index is 0.0598. The van der Waals surface area contributed by atoms with Crippen LogP contribution >= 0.6 is 11.6 Å². The number of nitrogens with zero attached hydrogens (tertiary/aromatic N) is 2. The molecule has 0 saturated heterocycles. The highest BCUT2D eigenvalue weighted by Crippen LogP contribution is 2.28. The van der Waals surface area contributed by atoms with Gasteiger partial charge in [0.25, 0.3) is 0 Å². The molecule has 0 unspecified atom stereocenters. The van der Waals surface area contributed by atoms with E-state index in [0.29, 0.717) is 12.1 Å². The Morgan fingerprint density at radius 3 is 2.33 bits per heavy atom. The summed E-state index contributed by atoms with van der Waals surface area (Å²) >= 11 is 5.62. The number of nitrogens with one attached hydrogen (secondary N) is 1. The maximum atomic E-state index is 13.4. The maximum Gasteiger partial charge on any atom is 0.158 e. The van der Waals surface area contributed by atoms with E-state index >= 15 is 0 Å². The van der Waals surface area contributed by atoms with Crippen molar-refractivity contribution in [3.05, 3.63) is 41.1 Å². The summed E-state index contributed by atoms with van der Waals surface area (Å²) in [5.41, 5.74) is 4.88. The van der Waals surface area contributed by atoms with E-state index in [1.165, 1.54) is 0 Å². The van der Waals surface area contributed by atoms with Gasteiger partial charge in [0, 0.05) is 12.1 Å². The fourth-order valence-electron chi connectivity index (χ4n) is 1.25. The molecule has 0 fully saturated rings. The molecular weight excluding hydrogens is 269 g/mol. The largest absolute Gasteiger partial charge is 0.393 e. The van der Waals surface area contributed by atoms with Crippen LogP contribution in [-0.4, -0.2) is 9.97 Å². The fraction of sp³-hybridized carbons (Fsp3) is 0. The zero-order valence-corrected chi connectivity index (χ0v) is 9.47. The third-order valence-corrected chi connectivity index (χ3v) is 2.39. The van der Waals surface area contributed by atoms with Gasteiger partial charge in [-0.2, -0.15) is 0 Å². The van der Waals surface area contributed by atoms with Gasteiger partial charge in [-0.05, 0) is 0 Å². The lowest BCUT2D eigenvalue weighted by Gasteiger charge is -2.10. The van der Waals surface area contributed by atoms with E-state index in [0.717, 1.165) is 6.33 Å². The van der Waals surface area contributed by atoms with Crippen LogP contribution in [0, 0.1) is 17.5 Å². The van der Waals surface area contributed by atoms with Crippen molar-refractivity contribution in [2.75, 3.05) is 11.1 Å². The van der Waals surface area contributed by atoms with Crippen LogP contribution in [0.4, 0.5) is 30.4 Å². The quantitative estimate of drug-likeness (QED) is 0.827. The van der Waals surface area contributed by atoms with Crippen molar-refractivity contribution < 1.29 is 13.2 Å². The summed E-state index contributed by atoms with van der Waals surface area (Å²) in [5, 5.41) is 2.24. The number of benzene rings is 1. The molecule has 2 aromatic rings. The van der Waals surface area contributed by atoms with Crippen molar-refractivity contribution in [2.45, 2.75) is 0 Å². The summed E-state index contributed by atoms with van der Waals surface area (Å²) in [6.07, 6.45) is 1.07. The molecule has 2 rings (SSSR count). The predicted octanol–water partition coefficient (Wildman–Crippen LogP) is 2.87. The van der Waals surface area contributed by atoms with Crippen molar-refractivity contribution in [3.8, 4) is 0 Å². The number of hydrogen-bond acceptors (Lipinski definition) is 4. The molecule has 0 spiro atoms. The lowest BCUT2D eigenvalue weighted by molar-refractivity contribution is 0.549. The van der Waals surface area contributed by atoms with E-state index in [2.05, 4.69) is 15.3 Å². The van der Waals surface area contributed by atoms with E-state index < -0.39 is 23.1 Å². The van der Waals surface area contributed by atoms with Crippen molar-refractivity contribution in [1.29, 1.82) is 0 Å². The first kappa shape index (κ1) is 12.4. The van der Waals surface area contributed by atoms with E-state index in [9.17, 15) is 13.2 Å². The highest BCUT2D eigenvalue weighted by atomic mass is 35.5. The van der Waals surface area contributed by atoms with Crippen LogP contribution in [0.25, 0.3) is 0 Å². The van der Waals surface area contributed by atoms with Gasteiger partial charge >= 0.3 is 0 Å². The van der Waals surface area contributed by atoms with E-state index in [1.54, 1.807) is 0 Å². The van der Waals surface area contributed by atoms with Gasteiger partial charge in [0.15, 0.2) is 22.6 Å². The van der Waals surface area contributed by atoms with Gasteiger partial charge in [-0.3, -0.25) is 0 Å². The van der Waals surface area contributed by atoms with Gasteiger partial charge in [0.05, 0.1) is 0 Å². The topological polar surface area (TPSA) is 63.8 Å². The minimum Gasteiger partial charge on any atom is -0.393 e. The number of nitrogen functional groups attached to an aromatic ring is 1. The molecule has 0 amide bonds. The van der Waals surface area contributed by atoms with E-state index in [-0.39, 0.29) is 16.7 Å². The average molecular weight is 275 g/mol. The molecule has 3 N–H and O–H groups in total. The lowest BCUT2D eigenvalue weighted by Crippen LogP contribution is -2.04. The number of rotatable bonds is 2. The number of anilines is 3. The standard InChI is InChI=1S/C10H6ClF3N4/c11-9-7(15)10(17-3-16-9)18-8-5(13)1-4(12)2-6(8)14/h1-3H,15H2,(H,16,17,18). The maximum absolute atomic E-state index is 13.4. The smallest absolute Gasteiger partial charge is 0.158 e. The Labute approximate surface area is 105 Å². The second kappa shape index (κ2) is 4.69. The third kappa shape index (κ3) is 2.30. The Kier molecular flexibility index (Phi) is 3.24. The van der Waals surface area contributed by atoms with Gasteiger partial charge in [-0.15, -0.1) is 0 Å². The molecule has 0 aliphatic rings. The van der Waals surface area contributed by atoms with Crippen LogP contribution in [0.2, 0.25) is 5.15 Å². The van der Waals surface area contributed by atoms with E-state index in [1.807, 2.05) is 0 Å². The first-order chi connectivity index (χ1) is 8.49. The average Bonchev–Trinajstić information content (AvgIpc) is 2.28. The summed E-state index contributed by atoms with van der Waals surface area (Å²) in [7, 11) is 0. The zero-order chi connectivity index (χ0) is 13.3. The molecule has 94 valence electrons. The Balaban J connectivity index is 2.43.